The average Bonchev–Trinajstić information content (AvgIpc) is 2.96. The van der Waals surface area contributed by atoms with Gasteiger partial charge in [-0.25, -0.2) is 0 Å². The van der Waals surface area contributed by atoms with E-state index >= 15 is 0 Å². The Morgan fingerprint density at radius 3 is 2.88 bits per heavy atom. The first kappa shape index (κ1) is 19.2. The van der Waals surface area contributed by atoms with Crippen molar-refractivity contribution in [3.05, 3.63) is 49.8 Å². The molecular weight excluding hydrogens is 389 g/mol. The van der Waals surface area contributed by atoms with Gasteiger partial charge in [-0.1, -0.05) is 29.3 Å². The van der Waals surface area contributed by atoms with Gasteiger partial charge in [0.1, 0.15) is 17.1 Å². The molecule has 1 heterocycles. The molecule has 1 aromatic heterocycles. The molecule has 0 unspecified atom stereocenters. The molecule has 26 heavy (non-hydrogen) atoms. The molecule has 2 aromatic rings. The third-order valence-corrected chi connectivity index (χ3v) is 6.42. The molecule has 0 aliphatic heterocycles. The highest BCUT2D eigenvalue weighted by atomic mass is 35.5. The topological polar surface area (TPSA) is 69.5 Å². The summed E-state index contributed by atoms with van der Waals surface area (Å²) in [5, 5.41) is 16.2. The van der Waals surface area contributed by atoms with Gasteiger partial charge in [0.15, 0.2) is 6.54 Å². The number of anilines is 1. The number of benzene rings is 1. The van der Waals surface area contributed by atoms with Gasteiger partial charge in [0.25, 0.3) is 5.91 Å². The van der Waals surface area contributed by atoms with E-state index in [9.17, 15) is 10.1 Å². The molecule has 0 spiro atoms. The van der Waals surface area contributed by atoms with Crippen LogP contribution in [0.5, 0.6) is 0 Å². The third kappa shape index (κ3) is 4.21. The van der Waals surface area contributed by atoms with E-state index in [-0.39, 0.29) is 18.5 Å². The van der Waals surface area contributed by atoms with Gasteiger partial charge in [-0.3, -0.25) is 4.79 Å². The first-order valence-electron chi connectivity index (χ1n) is 8.62. The molecule has 136 valence electrons. The summed E-state index contributed by atoms with van der Waals surface area (Å²) in [6.45, 7) is 2.25. The number of quaternary nitrogens is 1. The van der Waals surface area contributed by atoms with Crippen LogP contribution in [0, 0.1) is 11.3 Å². The molecular formula is C19H20Cl2N3OS+. The zero-order chi connectivity index (χ0) is 18.7. The zero-order valence-electron chi connectivity index (χ0n) is 14.4. The van der Waals surface area contributed by atoms with Crippen molar-refractivity contribution in [2.75, 3.05) is 11.9 Å². The second-order valence-electron chi connectivity index (χ2n) is 6.47. The lowest BCUT2D eigenvalue weighted by atomic mass is 9.96. The number of nitriles is 1. The largest absolute Gasteiger partial charge is 0.332 e. The molecule has 3 rings (SSSR count). The number of nitrogens with one attached hydrogen (secondary N) is 1. The lowest BCUT2D eigenvalue weighted by Crippen LogP contribution is -2.86. The molecule has 1 aliphatic carbocycles. The minimum atomic E-state index is -0.114. The van der Waals surface area contributed by atoms with Crippen LogP contribution in [0.3, 0.4) is 0 Å². The monoisotopic (exact) mass is 408 g/mol. The summed E-state index contributed by atoms with van der Waals surface area (Å²) in [6, 6.07) is 7.67. The molecule has 1 amide bonds. The van der Waals surface area contributed by atoms with Gasteiger partial charge in [-0.15, -0.1) is 11.3 Å². The SMILES string of the molecule is C[C@H]([NH2+]CC(=O)Nc1sc2c(c1C#N)CCCC2)c1ccc(Cl)cc1Cl. The van der Waals surface area contributed by atoms with E-state index < -0.39 is 0 Å². The Hall–Kier alpha value is -1.58. The van der Waals surface area contributed by atoms with E-state index in [4.69, 9.17) is 23.2 Å². The van der Waals surface area contributed by atoms with Crippen LogP contribution in [0.25, 0.3) is 0 Å². The second-order valence-corrected chi connectivity index (χ2v) is 8.42. The van der Waals surface area contributed by atoms with Gasteiger partial charge in [-0.2, -0.15) is 5.26 Å². The molecule has 7 heteroatoms. The number of rotatable bonds is 5. The molecule has 4 nitrogen and oxygen atoms in total. The van der Waals surface area contributed by atoms with Crippen LogP contribution in [0.15, 0.2) is 18.2 Å². The highest BCUT2D eigenvalue weighted by molar-refractivity contribution is 7.16. The fourth-order valence-corrected chi connectivity index (χ4v) is 5.07. The normalized spacial score (nSPS) is 14.4. The predicted molar refractivity (Wildman–Crippen MR) is 106 cm³/mol. The van der Waals surface area contributed by atoms with Crippen LogP contribution in [0.2, 0.25) is 10.0 Å². The van der Waals surface area contributed by atoms with Gasteiger partial charge in [0.2, 0.25) is 0 Å². The van der Waals surface area contributed by atoms with Crippen molar-refractivity contribution < 1.29 is 10.1 Å². The molecule has 0 saturated carbocycles. The molecule has 1 aliphatic rings. The number of aryl methyl sites for hydroxylation is 1. The van der Waals surface area contributed by atoms with E-state index in [1.165, 1.54) is 4.88 Å². The third-order valence-electron chi connectivity index (χ3n) is 4.65. The van der Waals surface area contributed by atoms with E-state index in [2.05, 4.69) is 11.4 Å². The van der Waals surface area contributed by atoms with Crippen molar-refractivity contribution in [1.29, 1.82) is 5.26 Å². The summed E-state index contributed by atoms with van der Waals surface area (Å²) in [7, 11) is 0. The van der Waals surface area contributed by atoms with Crippen molar-refractivity contribution in [1.82, 2.24) is 0 Å². The van der Waals surface area contributed by atoms with Crippen LogP contribution in [0.1, 0.15) is 47.4 Å². The van der Waals surface area contributed by atoms with Crippen molar-refractivity contribution in [2.45, 2.75) is 38.6 Å². The van der Waals surface area contributed by atoms with Gasteiger partial charge >= 0.3 is 0 Å². The Bertz CT molecular complexity index is 872. The quantitative estimate of drug-likeness (QED) is 0.782. The van der Waals surface area contributed by atoms with Gasteiger partial charge in [0, 0.05) is 15.5 Å². The second kappa shape index (κ2) is 8.41. The van der Waals surface area contributed by atoms with E-state index in [0.717, 1.165) is 36.8 Å². The number of halogens is 2. The summed E-state index contributed by atoms with van der Waals surface area (Å²) in [6.07, 6.45) is 4.20. The molecule has 0 fully saturated rings. The fraction of sp³-hybridized carbons (Fsp3) is 0.368. The number of amides is 1. The summed E-state index contributed by atoms with van der Waals surface area (Å²) in [4.78, 5) is 13.6. The van der Waals surface area contributed by atoms with E-state index in [0.29, 0.717) is 20.6 Å². The maximum atomic E-state index is 12.4. The number of hydrogen-bond donors (Lipinski definition) is 2. The Kier molecular flexibility index (Phi) is 6.20. The Morgan fingerprint density at radius 1 is 1.38 bits per heavy atom. The maximum absolute atomic E-state index is 12.4. The molecule has 0 radical (unpaired) electrons. The van der Waals surface area contributed by atoms with Gasteiger partial charge < -0.3 is 10.6 Å². The zero-order valence-corrected chi connectivity index (χ0v) is 16.8. The summed E-state index contributed by atoms with van der Waals surface area (Å²) >= 11 is 13.7. The number of thiophene rings is 1. The predicted octanol–water partition coefficient (Wildman–Crippen LogP) is 4.07. The summed E-state index contributed by atoms with van der Waals surface area (Å²) < 4.78 is 0. The molecule has 1 aromatic carbocycles. The smallest absolute Gasteiger partial charge is 0.280 e. The Balaban J connectivity index is 1.63. The summed E-state index contributed by atoms with van der Waals surface area (Å²) in [5.74, 6) is -0.114. The first-order valence-corrected chi connectivity index (χ1v) is 10.2. The van der Waals surface area contributed by atoms with Crippen molar-refractivity contribution in [3.8, 4) is 6.07 Å². The van der Waals surface area contributed by atoms with Gasteiger partial charge in [-0.05, 0) is 50.3 Å². The van der Waals surface area contributed by atoms with Crippen LogP contribution in [-0.4, -0.2) is 12.5 Å². The molecule has 0 saturated heterocycles. The first-order chi connectivity index (χ1) is 12.5. The lowest BCUT2D eigenvalue weighted by molar-refractivity contribution is -0.682. The minimum absolute atomic E-state index is 0.0255. The molecule has 3 N–H and O–H groups in total. The van der Waals surface area contributed by atoms with Crippen LogP contribution in [-0.2, 0) is 17.6 Å². The van der Waals surface area contributed by atoms with Crippen molar-refractivity contribution >= 4 is 45.4 Å². The number of nitrogens with two attached hydrogens (primary N) is 1. The number of carbonyl (C=O) groups is 1. The summed E-state index contributed by atoms with van der Waals surface area (Å²) in [5.41, 5.74) is 2.71. The standard InChI is InChI=1S/C19H19Cl2N3OS/c1-11(13-7-6-12(20)8-16(13)21)23-10-18(25)24-19-15(9-22)14-4-2-3-5-17(14)26-19/h6-8,11,23H,2-5,10H2,1H3,(H,24,25)/p+1/t11-/m0/s1. The minimum Gasteiger partial charge on any atom is -0.332 e. The number of carbonyl (C=O) groups excluding carboxylic acids is 1. The van der Waals surface area contributed by atoms with E-state index in [1.807, 2.05) is 18.3 Å². The Morgan fingerprint density at radius 2 is 2.15 bits per heavy atom. The van der Waals surface area contributed by atoms with Crippen LogP contribution in [0.4, 0.5) is 5.00 Å². The van der Waals surface area contributed by atoms with E-state index in [1.54, 1.807) is 23.5 Å². The lowest BCUT2D eigenvalue weighted by Gasteiger charge is -2.12. The number of hydrogen-bond acceptors (Lipinski definition) is 3. The van der Waals surface area contributed by atoms with Crippen molar-refractivity contribution in [2.24, 2.45) is 0 Å². The maximum Gasteiger partial charge on any atom is 0.280 e. The number of fused-ring (bicyclic) bond motifs is 1. The average molecular weight is 409 g/mol. The van der Waals surface area contributed by atoms with Crippen molar-refractivity contribution in [3.63, 3.8) is 0 Å². The van der Waals surface area contributed by atoms with Gasteiger partial charge in [0.05, 0.1) is 10.6 Å². The van der Waals surface area contributed by atoms with Crippen LogP contribution < -0.4 is 10.6 Å². The molecule has 1 atom stereocenters. The van der Waals surface area contributed by atoms with Crippen LogP contribution >= 0.6 is 34.5 Å². The highest BCUT2D eigenvalue weighted by Crippen LogP contribution is 2.37. The highest BCUT2D eigenvalue weighted by Gasteiger charge is 2.22. The Labute approximate surface area is 167 Å². The molecule has 0 bridgehead atoms. The number of nitrogens with zero attached hydrogens (tertiary/aromatic N) is 1. The fourth-order valence-electron chi connectivity index (χ4n) is 3.23.